The van der Waals surface area contributed by atoms with Crippen LogP contribution in [0.25, 0.3) is 0 Å². The molecule has 0 aromatic rings. The lowest BCUT2D eigenvalue weighted by atomic mass is 9.77. The molecule has 0 saturated carbocycles. The van der Waals surface area contributed by atoms with Crippen LogP contribution in [-0.4, -0.2) is 37.1 Å². The second-order valence-electron chi connectivity index (χ2n) is 4.82. The number of aliphatic hydroxyl groups is 1. The lowest BCUT2D eigenvalue weighted by Gasteiger charge is -2.45. The van der Waals surface area contributed by atoms with Crippen molar-refractivity contribution < 1.29 is 14.6 Å². The first-order valence-corrected chi connectivity index (χ1v) is 6.48. The molecule has 3 nitrogen and oxygen atoms in total. The van der Waals surface area contributed by atoms with Gasteiger partial charge in [0.05, 0.1) is 24.9 Å². The van der Waals surface area contributed by atoms with Crippen molar-refractivity contribution in [2.45, 2.75) is 58.3 Å². The van der Waals surface area contributed by atoms with Crippen LogP contribution in [0.5, 0.6) is 0 Å². The molecule has 0 bridgehead atoms. The number of hydrogen-bond acceptors (Lipinski definition) is 3. The van der Waals surface area contributed by atoms with E-state index < -0.39 is 0 Å². The summed E-state index contributed by atoms with van der Waals surface area (Å²) in [5, 5.41) is 9.41. The second-order valence-corrected chi connectivity index (χ2v) is 4.82. The summed E-state index contributed by atoms with van der Waals surface area (Å²) >= 11 is 0. The molecule has 0 amide bonds. The van der Waals surface area contributed by atoms with Gasteiger partial charge in [0, 0.05) is 7.11 Å². The molecule has 5 unspecified atom stereocenters. The fourth-order valence-electron chi connectivity index (χ4n) is 2.98. The molecule has 0 aromatic heterocycles. The smallest absolute Gasteiger partial charge is 0.0861 e. The average Bonchev–Trinajstić information content (AvgIpc) is 2.31. The molecule has 1 aliphatic heterocycles. The van der Waals surface area contributed by atoms with Crippen molar-refractivity contribution in [2.75, 3.05) is 13.7 Å². The predicted octanol–water partition coefficient (Wildman–Crippen LogP) is 2.22. The van der Waals surface area contributed by atoms with E-state index in [4.69, 9.17) is 9.47 Å². The van der Waals surface area contributed by atoms with E-state index in [1.165, 1.54) is 0 Å². The fourth-order valence-corrected chi connectivity index (χ4v) is 2.98. The van der Waals surface area contributed by atoms with Crippen LogP contribution in [0.4, 0.5) is 0 Å². The Kier molecular flexibility index (Phi) is 5.73. The highest BCUT2D eigenvalue weighted by atomic mass is 16.6. The zero-order valence-corrected chi connectivity index (χ0v) is 11.0. The summed E-state index contributed by atoms with van der Waals surface area (Å²) in [7, 11) is 1.76. The molecule has 0 aliphatic carbocycles. The summed E-state index contributed by atoms with van der Waals surface area (Å²) in [6.07, 6.45) is 3.46. The minimum absolute atomic E-state index is 0.00806. The quantitative estimate of drug-likeness (QED) is 0.787. The first kappa shape index (κ1) is 13.9. The molecule has 0 aromatic carbocycles. The molecular formula is C13H26O3. The van der Waals surface area contributed by atoms with Crippen molar-refractivity contribution >= 4 is 0 Å². The van der Waals surface area contributed by atoms with Crippen molar-refractivity contribution in [3.63, 3.8) is 0 Å². The Balaban J connectivity index is 2.76. The Morgan fingerprint density at radius 3 is 2.38 bits per heavy atom. The van der Waals surface area contributed by atoms with Crippen LogP contribution < -0.4 is 0 Å². The van der Waals surface area contributed by atoms with Crippen LogP contribution in [0.1, 0.15) is 40.0 Å². The molecule has 5 atom stereocenters. The monoisotopic (exact) mass is 230 g/mol. The number of aliphatic hydroxyl groups excluding tert-OH is 1. The summed E-state index contributed by atoms with van der Waals surface area (Å²) < 4.78 is 11.5. The molecule has 16 heavy (non-hydrogen) atoms. The van der Waals surface area contributed by atoms with E-state index in [9.17, 15) is 5.11 Å². The van der Waals surface area contributed by atoms with Gasteiger partial charge in [0.25, 0.3) is 0 Å². The standard InChI is InChI=1S/C13H26O3/c1-5-7-10-9(3)13(15-4)11(6-2)16-12(10)8-14/h9-14H,5-8H2,1-4H3. The van der Waals surface area contributed by atoms with Crippen LogP contribution in [0.2, 0.25) is 0 Å². The Morgan fingerprint density at radius 1 is 1.25 bits per heavy atom. The molecule has 0 spiro atoms. The number of methoxy groups -OCH3 is 1. The van der Waals surface area contributed by atoms with Gasteiger partial charge in [-0.05, 0) is 24.7 Å². The molecule has 1 aliphatic rings. The maximum absolute atomic E-state index is 9.41. The summed E-state index contributed by atoms with van der Waals surface area (Å²) in [5.74, 6) is 0.878. The van der Waals surface area contributed by atoms with Crippen molar-refractivity contribution in [1.82, 2.24) is 0 Å². The van der Waals surface area contributed by atoms with Crippen LogP contribution in [0, 0.1) is 11.8 Å². The molecule has 96 valence electrons. The highest BCUT2D eigenvalue weighted by molar-refractivity contribution is 4.89. The van der Waals surface area contributed by atoms with E-state index in [0.717, 1.165) is 19.3 Å². The van der Waals surface area contributed by atoms with Gasteiger partial charge in [0.1, 0.15) is 0 Å². The largest absolute Gasteiger partial charge is 0.394 e. The Hall–Kier alpha value is -0.120. The van der Waals surface area contributed by atoms with Gasteiger partial charge in [0.15, 0.2) is 0 Å². The number of hydrogen-bond donors (Lipinski definition) is 1. The topological polar surface area (TPSA) is 38.7 Å². The van der Waals surface area contributed by atoms with Crippen LogP contribution >= 0.6 is 0 Å². The van der Waals surface area contributed by atoms with Gasteiger partial charge in [0.2, 0.25) is 0 Å². The summed E-state index contributed by atoms with van der Waals surface area (Å²) in [5.41, 5.74) is 0. The normalized spacial score (nSPS) is 39.9. The van der Waals surface area contributed by atoms with Gasteiger partial charge in [-0.3, -0.25) is 0 Å². The average molecular weight is 230 g/mol. The van der Waals surface area contributed by atoms with E-state index in [-0.39, 0.29) is 24.9 Å². The third kappa shape index (κ3) is 2.76. The number of ether oxygens (including phenoxy) is 2. The highest BCUT2D eigenvalue weighted by Crippen LogP contribution is 2.36. The minimum atomic E-state index is -0.00806. The Morgan fingerprint density at radius 2 is 1.94 bits per heavy atom. The molecular weight excluding hydrogens is 204 g/mol. The lowest BCUT2D eigenvalue weighted by molar-refractivity contribution is -0.192. The molecule has 1 heterocycles. The molecule has 1 rings (SSSR count). The molecule has 0 radical (unpaired) electrons. The van der Waals surface area contributed by atoms with Crippen molar-refractivity contribution in [3.05, 3.63) is 0 Å². The summed E-state index contributed by atoms with van der Waals surface area (Å²) in [6, 6.07) is 0. The van der Waals surface area contributed by atoms with E-state index in [2.05, 4.69) is 20.8 Å². The summed E-state index contributed by atoms with van der Waals surface area (Å²) in [4.78, 5) is 0. The van der Waals surface area contributed by atoms with Gasteiger partial charge < -0.3 is 14.6 Å². The van der Waals surface area contributed by atoms with Crippen LogP contribution in [0.15, 0.2) is 0 Å². The zero-order chi connectivity index (χ0) is 12.1. The van der Waals surface area contributed by atoms with Gasteiger partial charge in [-0.15, -0.1) is 0 Å². The van der Waals surface area contributed by atoms with Gasteiger partial charge in [-0.1, -0.05) is 27.2 Å². The van der Waals surface area contributed by atoms with E-state index in [1.807, 2.05) is 0 Å². The molecule has 1 saturated heterocycles. The zero-order valence-electron chi connectivity index (χ0n) is 11.0. The third-order valence-corrected chi connectivity index (χ3v) is 3.86. The first-order valence-electron chi connectivity index (χ1n) is 6.48. The maximum Gasteiger partial charge on any atom is 0.0861 e. The van der Waals surface area contributed by atoms with Crippen LogP contribution in [0.3, 0.4) is 0 Å². The number of rotatable bonds is 5. The maximum atomic E-state index is 9.41. The highest BCUT2D eigenvalue weighted by Gasteiger charge is 2.41. The summed E-state index contributed by atoms with van der Waals surface area (Å²) in [6.45, 7) is 6.64. The van der Waals surface area contributed by atoms with Gasteiger partial charge >= 0.3 is 0 Å². The molecule has 1 N–H and O–H groups in total. The minimum Gasteiger partial charge on any atom is -0.394 e. The molecule has 1 fully saturated rings. The van der Waals surface area contributed by atoms with Crippen molar-refractivity contribution in [1.29, 1.82) is 0 Å². The van der Waals surface area contributed by atoms with Crippen molar-refractivity contribution in [2.24, 2.45) is 11.8 Å². The first-order chi connectivity index (χ1) is 7.69. The Labute approximate surface area is 99.1 Å². The third-order valence-electron chi connectivity index (χ3n) is 3.86. The lowest BCUT2D eigenvalue weighted by Crippen LogP contribution is -2.51. The van der Waals surface area contributed by atoms with E-state index in [1.54, 1.807) is 7.11 Å². The van der Waals surface area contributed by atoms with Crippen LogP contribution in [-0.2, 0) is 9.47 Å². The van der Waals surface area contributed by atoms with E-state index >= 15 is 0 Å². The SMILES string of the molecule is CCCC1C(CO)OC(CC)C(OC)C1C. The Bertz CT molecular complexity index is 196. The predicted molar refractivity (Wildman–Crippen MR) is 64.4 cm³/mol. The van der Waals surface area contributed by atoms with E-state index in [0.29, 0.717) is 11.8 Å². The van der Waals surface area contributed by atoms with Crippen molar-refractivity contribution in [3.8, 4) is 0 Å². The second kappa shape index (κ2) is 6.58. The van der Waals surface area contributed by atoms with Gasteiger partial charge in [-0.25, -0.2) is 0 Å². The fraction of sp³-hybridized carbons (Fsp3) is 1.00. The molecule has 3 heteroatoms. The van der Waals surface area contributed by atoms with Gasteiger partial charge in [-0.2, -0.15) is 0 Å².